The number of fused-ring (bicyclic) bond motifs is 1. The molecule has 0 atom stereocenters. The summed E-state index contributed by atoms with van der Waals surface area (Å²) in [4.78, 5) is 45.8. The summed E-state index contributed by atoms with van der Waals surface area (Å²) in [7, 11) is 1.54. The molecule has 0 spiro atoms. The van der Waals surface area contributed by atoms with E-state index in [1.165, 1.54) is 12.0 Å². The molecular weight excluding hydrogens is 608 g/mol. The number of hydrogen-bond donors (Lipinski definition) is 0. The molecule has 3 saturated heterocycles. The summed E-state index contributed by atoms with van der Waals surface area (Å²) in [6.45, 7) is 5.22. The number of carbonyl (C=O) groups is 2. The van der Waals surface area contributed by atoms with Gasteiger partial charge < -0.3 is 28.7 Å². The number of ether oxygens (including phenoxy) is 4. The van der Waals surface area contributed by atoms with E-state index >= 15 is 0 Å². The Morgan fingerprint density at radius 3 is 2.15 bits per heavy atom. The van der Waals surface area contributed by atoms with Crippen LogP contribution in [0.4, 0.5) is 16.7 Å². The zero-order valence-electron chi connectivity index (χ0n) is 25.3. The average Bonchev–Trinajstić information content (AvgIpc) is 3.36. The quantitative estimate of drug-likeness (QED) is 0.248. The molecule has 1 aromatic heterocycles. The van der Waals surface area contributed by atoms with Crippen molar-refractivity contribution in [3.63, 3.8) is 0 Å². The fourth-order valence-electron chi connectivity index (χ4n) is 5.45. The van der Waals surface area contributed by atoms with Gasteiger partial charge in [-0.2, -0.15) is 15.0 Å². The second-order valence-corrected chi connectivity index (χ2v) is 11.9. The first kappa shape index (κ1) is 30.0. The standard InChI is InChI=1S/C33H32N6O6S/c1-42-27-19-22(20-28-29(40)39(33(41)46-28)21-23-6-8-24-4-2-3-5-25(24)18-23)7-9-26(27)45-32-35-30(37-10-14-43-15-11-37)34-31(36-32)38-12-16-44-17-13-38/h2-9,18-20H,10-17,21H2,1H3/b28-20-. The van der Waals surface area contributed by atoms with Gasteiger partial charge in [-0.25, -0.2) is 0 Å². The van der Waals surface area contributed by atoms with Gasteiger partial charge in [0, 0.05) is 26.2 Å². The molecule has 0 unspecified atom stereocenters. The van der Waals surface area contributed by atoms with E-state index in [2.05, 4.69) is 19.8 Å². The molecule has 3 aliphatic heterocycles. The number of thioether (sulfide) groups is 1. The summed E-state index contributed by atoms with van der Waals surface area (Å²) in [6.07, 6.45) is 1.69. The van der Waals surface area contributed by atoms with Crippen LogP contribution in [0.1, 0.15) is 11.1 Å². The number of benzene rings is 3. The number of methoxy groups -OCH3 is 1. The fourth-order valence-corrected chi connectivity index (χ4v) is 6.29. The fraction of sp³-hybridized carbons (Fsp3) is 0.303. The largest absolute Gasteiger partial charge is 0.493 e. The molecule has 0 saturated carbocycles. The summed E-state index contributed by atoms with van der Waals surface area (Å²) in [6, 6.07) is 19.4. The van der Waals surface area contributed by atoms with Crippen molar-refractivity contribution in [2.75, 3.05) is 69.5 Å². The van der Waals surface area contributed by atoms with E-state index in [-0.39, 0.29) is 23.7 Å². The van der Waals surface area contributed by atoms with Gasteiger partial charge in [0.15, 0.2) is 11.5 Å². The smallest absolute Gasteiger partial charge is 0.328 e. The summed E-state index contributed by atoms with van der Waals surface area (Å²) >= 11 is 0.922. The Bertz CT molecular complexity index is 1770. The lowest BCUT2D eigenvalue weighted by Crippen LogP contribution is -2.40. The molecule has 7 rings (SSSR count). The summed E-state index contributed by atoms with van der Waals surface area (Å²) < 4.78 is 22.8. The molecule has 13 heteroatoms. The third kappa shape index (κ3) is 6.48. The number of imide groups is 1. The van der Waals surface area contributed by atoms with Gasteiger partial charge >= 0.3 is 6.01 Å². The number of carbonyl (C=O) groups excluding carboxylic acids is 2. The number of anilines is 2. The SMILES string of the molecule is COc1cc(/C=C2\SC(=O)N(Cc3ccc4ccccc4c3)C2=O)ccc1Oc1nc(N2CCOCC2)nc(N2CCOCC2)n1. The maximum absolute atomic E-state index is 13.3. The Morgan fingerprint density at radius 2 is 1.48 bits per heavy atom. The van der Waals surface area contributed by atoms with Crippen molar-refractivity contribution in [1.82, 2.24) is 19.9 Å². The van der Waals surface area contributed by atoms with Gasteiger partial charge in [-0.1, -0.05) is 42.5 Å². The Kier molecular flexibility index (Phi) is 8.68. The van der Waals surface area contributed by atoms with E-state index in [1.54, 1.807) is 24.3 Å². The molecule has 4 aromatic rings. The molecule has 3 aliphatic rings. The van der Waals surface area contributed by atoms with Gasteiger partial charge in [0.1, 0.15) is 0 Å². The number of amides is 2. The van der Waals surface area contributed by atoms with Gasteiger partial charge in [-0.3, -0.25) is 14.5 Å². The number of nitrogens with zero attached hydrogens (tertiary/aromatic N) is 6. The maximum Gasteiger partial charge on any atom is 0.328 e. The molecule has 0 radical (unpaired) electrons. The molecule has 2 amide bonds. The molecule has 3 aromatic carbocycles. The van der Waals surface area contributed by atoms with Crippen LogP contribution < -0.4 is 19.3 Å². The summed E-state index contributed by atoms with van der Waals surface area (Å²) in [5, 5.41) is 1.86. The summed E-state index contributed by atoms with van der Waals surface area (Å²) in [5.41, 5.74) is 1.57. The minimum absolute atomic E-state index is 0.138. The van der Waals surface area contributed by atoms with Gasteiger partial charge in [0.2, 0.25) is 11.9 Å². The Hall–Kier alpha value is -4.72. The van der Waals surface area contributed by atoms with Crippen LogP contribution >= 0.6 is 11.8 Å². The van der Waals surface area contributed by atoms with Crippen molar-refractivity contribution in [2.45, 2.75) is 6.54 Å². The normalized spacial score (nSPS) is 18.1. The molecule has 46 heavy (non-hydrogen) atoms. The van der Waals surface area contributed by atoms with Crippen molar-refractivity contribution in [3.8, 4) is 17.5 Å². The van der Waals surface area contributed by atoms with Crippen molar-refractivity contribution in [2.24, 2.45) is 0 Å². The highest BCUT2D eigenvalue weighted by molar-refractivity contribution is 8.18. The van der Waals surface area contributed by atoms with Gasteiger partial charge in [0.25, 0.3) is 11.1 Å². The first-order valence-corrected chi connectivity index (χ1v) is 15.9. The summed E-state index contributed by atoms with van der Waals surface area (Å²) in [5.74, 6) is 1.52. The van der Waals surface area contributed by atoms with E-state index in [1.807, 2.05) is 42.5 Å². The Labute approximate surface area is 269 Å². The highest BCUT2D eigenvalue weighted by Crippen LogP contribution is 2.37. The first-order valence-electron chi connectivity index (χ1n) is 15.0. The zero-order chi connectivity index (χ0) is 31.5. The van der Waals surface area contributed by atoms with Gasteiger partial charge in [0.05, 0.1) is 45.0 Å². The Balaban J connectivity index is 1.10. The molecule has 0 bridgehead atoms. The van der Waals surface area contributed by atoms with Crippen LogP contribution in [0, 0.1) is 0 Å². The van der Waals surface area contributed by atoms with Crippen LogP contribution in [-0.2, 0) is 20.8 Å². The maximum atomic E-state index is 13.3. The lowest BCUT2D eigenvalue weighted by atomic mass is 10.1. The van der Waals surface area contributed by atoms with Crippen LogP contribution in [0.2, 0.25) is 0 Å². The molecule has 0 N–H and O–H groups in total. The number of morpholine rings is 2. The van der Waals surface area contributed by atoms with Gasteiger partial charge in [-0.05, 0) is 57.9 Å². The number of rotatable bonds is 8. The molecule has 3 fully saturated rings. The minimum Gasteiger partial charge on any atom is -0.493 e. The second-order valence-electron chi connectivity index (χ2n) is 10.9. The van der Waals surface area contributed by atoms with E-state index in [4.69, 9.17) is 23.9 Å². The molecule has 12 nitrogen and oxygen atoms in total. The molecule has 236 valence electrons. The lowest BCUT2D eigenvalue weighted by molar-refractivity contribution is -0.123. The topological polar surface area (TPSA) is 119 Å². The number of aromatic nitrogens is 3. The van der Waals surface area contributed by atoms with Crippen molar-refractivity contribution < 1.29 is 28.5 Å². The number of hydrogen-bond acceptors (Lipinski definition) is 12. The predicted molar refractivity (Wildman–Crippen MR) is 174 cm³/mol. The monoisotopic (exact) mass is 640 g/mol. The highest BCUT2D eigenvalue weighted by Gasteiger charge is 2.35. The van der Waals surface area contributed by atoms with Crippen molar-refractivity contribution in [3.05, 3.63) is 76.7 Å². The van der Waals surface area contributed by atoms with E-state index in [9.17, 15) is 9.59 Å². The van der Waals surface area contributed by atoms with Crippen molar-refractivity contribution in [1.29, 1.82) is 0 Å². The third-order valence-corrected chi connectivity index (χ3v) is 8.80. The lowest BCUT2D eigenvalue weighted by Gasteiger charge is -2.30. The highest BCUT2D eigenvalue weighted by atomic mass is 32.2. The third-order valence-electron chi connectivity index (χ3n) is 7.89. The first-order chi connectivity index (χ1) is 22.5. The minimum atomic E-state index is -0.334. The molecule has 4 heterocycles. The van der Waals surface area contributed by atoms with E-state index in [0.717, 1.165) is 28.1 Å². The zero-order valence-corrected chi connectivity index (χ0v) is 26.1. The van der Waals surface area contributed by atoms with Crippen LogP contribution in [0.5, 0.6) is 17.5 Å². The molecular formula is C33H32N6O6S. The van der Waals surface area contributed by atoms with Crippen LogP contribution in [0.25, 0.3) is 16.8 Å². The van der Waals surface area contributed by atoms with Crippen LogP contribution in [0.3, 0.4) is 0 Å². The van der Waals surface area contributed by atoms with Gasteiger partial charge in [-0.15, -0.1) is 0 Å². The van der Waals surface area contributed by atoms with Crippen LogP contribution in [-0.4, -0.2) is 90.7 Å². The second kappa shape index (κ2) is 13.3. The van der Waals surface area contributed by atoms with Crippen LogP contribution in [0.15, 0.2) is 65.6 Å². The van der Waals surface area contributed by atoms with E-state index in [0.29, 0.717) is 86.5 Å². The average molecular weight is 641 g/mol. The predicted octanol–water partition coefficient (Wildman–Crippen LogP) is 4.74. The molecule has 0 aliphatic carbocycles. The Morgan fingerprint density at radius 1 is 0.804 bits per heavy atom. The van der Waals surface area contributed by atoms with Crippen molar-refractivity contribution >= 4 is 51.7 Å². The van der Waals surface area contributed by atoms with E-state index < -0.39 is 0 Å².